The molecule has 1 aromatic carbocycles. The molecule has 1 atom stereocenters. The zero-order valence-electron chi connectivity index (χ0n) is 14.8. The quantitative estimate of drug-likeness (QED) is 0.644. The van der Waals surface area contributed by atoms with Crippen molar-refractivity contribution in [1.29, 1.82) is 0 Å². The highest BCUT2D eigenvalue weighted by Crippen LogP contribution is 2.34. The van der Waals surface area contributed by atoms with E-state index in [1.807, 2.05) is 28.5 Å². The average molecular weight is 385 g/mol. The molecule has 0 bridgehead atoms. The summed E-state index contributed by atoms with van der Waals surface area (Å²) >= 11 is 1.57. The highest BCUT2D eigenvalue weighted by atomic mass is 32.1. The molecular weight excluding hydrogens is 366 g/mol. The van der Waals surface area contributed by atoms with E-state index >= 15 is 0 Å². The Balaban J connectivity index is 1.42. The third-order valence-corrected chi connectivity index (χ3v) is 5.33. The van der Waals surface area contributed by atoms with Crippen molar-refractivity contribution in [3.63, 3.8) is 0 Å². The maximum Gasteiger partial charge on any atom is 0.276 e. The summed E-state index contributed by atoms with van der Waals surface area (Å²) < 4.78 is 16.1. The van der Waals surface area contributed by atoms with Crippen LogP contribution in [0.1, 0.15) is 40.1 Å². The number of benzene rings is 1. The number of carbonyl (C=O) groups excluding carboxylic acids is 1. The van der Waals surface area contributed by atoms with Crippen molar-refractivity contribution in [1.82, 2.24) is 15.0 Å². The molecule has 0 N–H and O–H groups in total. The van der Waals surface area contributed by atoms with Gasteiger partial charge in [0.2, 0.25) is 0 Å². The third-order valence-electron chi connectivity index (χ3n) is 4.45. The molecule has 3 heterocycles. The zero-order chi connectivity index (χ0) is 18.6. The first kappa shape index (κ1) is 17.5. The van der Waals surface area contributed by atoms with Crippen LogP contribution in [-0.4, -0.2) is 34.6 Å². The molecule has 1 aliphatic heterocycles. The lowest BCUT2D eigenvalue weighted by molar-refractivity contribution is 0.0724. The predicted molar refractivity (Wildman–Crippen MR) is 99.0 cm³/mol. The lowest BCUT2D eigenvalue weighted by Gasteiger charge is -2.21. The SMILES string of the molecule is COc1cccc(OCc2cc(C(=O)N3CCCC3c3nccs3)no2)c1. The number of methoxy groups -OCH3 is 1. The minimum atomic E-state index is -0.135. The van der Waals surface area contributed by atoms with Crippen LogP contribution >= 0.6 is 11.3 Å². The fraction of sp³-hybridized carbons (Fsp3) is 0.316. The first-order valence-corrected chi connectivity index (χ1v) is 9.55. The van der Waals surface area contributed by atoms with Crippen molar-refractivity contribution in [2.45, 2.75) is 25.5 Å². The van der Waals surface area contributed by atoms with E-state index in [0.717, 1.165) is 17.8 Å². The fourth-order valence-electron chi connectivity index (χ4n) is 3.14. The van der Waals surface area contributed by atoms with Crippen molar-refractivity contribution >= 4 is 17.2 Å². The fourth-order valence-corrected chi connectivity index (χ4v) is 3.92. The van der Waals surface area contributed by atoms with E-state index in [9.17, 15) is 4.79 Å². The Morgan fingerprint density at radius 2 is 2.26 bits per heavy atom. The van der Waals surface area contributed by atoms with Crippen LogP contribution in [0.2, 0.25) is 0 Å². The number of amides is 1. The molecule has 1 unspecified atom stereocenters. The maximum absolute atomic E-state index is 12.8. The third kappa shape index (κ3) is 3.80. The zero-order valence-corrected chi connectivity index (χ0v) is 15.6. The molecule has 1 saturated heterocycles. The molecule has 4 rings (SSSR count). The molecule has 0 radical (unpaired) electrons. The summed E-state index contributed by atoms with van der Waals surface area (Å²) in [5.41, 5.74) is 0.294. The van der Waals surface area contributed by atoms with Crippen LogP contribution in [0.15, 0.2) is 46.4 Å². The highest BCUT2D eigenvalue weighted by Gasteiger charge is 2.33. The van der Waals surface area contributed by atoms with Crippen LogP contribution in [0, 0.1) is 0 Å². The summed E-state index contributed by atoms with van der Waals surface area (Å²) in [6, 6.07) is 8.95. The molecular formula is C19H19N3O4S. The van der Waals surface area contributed by atoms with Crippen molar-refractivity contribution < 1.29 is 18.8 Å². The number of ether oxygens (including phenoxy) is 2. The lowest BCUT2D eigenvalue weighted by Crippen LogP contribution is -2.30. The number of hydrogen-bond donors (Lipinski definition) is 0. The van der Waals surface area contributed by atoms with Gasteiger partial charge in [-0.05, 0) is 25.0 Å². The normalized spacial score (nSPS) is 16.5. The van der Waals surface area contributed by atoms with Gasteiger partial charge < -0.3 is 18.9 Å². The summed E-state index contributed by atoms with van der Waals surface area (Å²) in [4.78, 5) is 19.0. The van der Waals surface area contributed by atoms with Crippen LogP contribution in [0.25, 0.3) is 0 Å². The summed E-state index contributed by atoms with van der Waals surface area (Å²) in [5, 5.41) is 6.83. The first-order valence-electron chi connectivity index (χ1n) is 8.67. The Labute approximate surface area is 160 Å². The van der Waals surface area contributed by atoms with E-state index in [0.29, 0.717) is 29.5 Å². The van der Waals surface area contributed by atoms with E-state index in [4.69, 9.17) is 14.0 Å². The number of aromatic nitrogens is 2. The minimum absolute atomic E-state index is 0.0192. The van der Waals surface area contributed by atoms with Gasteiger partial charge in [-0.2, -0.15) is 0 Å². The summed E-state index contributed by atoms with van der Waals surface area (Å²) in [6.07, 6.45) is 3.65. The van der Waals surface area contributed by atoms with Crippen LogP contribution < -0.4 is 9.47 Å². The molecule has 140 valence electrons. The van der Waals surface area contributed by atoms with Gasteiger partial charge in [0.25, 0.3) is 5.91 Å². The van der Waals surface area contributed by atoms with E-state index in [2.05, 4.69) is 10.1 Å². The smallest absolute Gasteiger partial charge is 0.276 e. The molecule has 1 aliphatic rings. The Morgan fingerprint density at radius 1 is 1.37 bits per heavy atom. The number of nitrogens with zero attached hydrogens (tertiary/aromatic N) is 3. The van der Waals surface area contributed by atoms with E-state index < -0.39 is 0 Å². The first-order chi connectivity index (χ1) is 13.2. The molecule has 0 saturated carbocycles. The van der Waals surface area contributed by atoms with E-state index in [1.54, 1.807) is 36.8 Å². The van der Waals surface area contributed by atoms with Gasteiger partial charge in [0.15, 0.2) is 11.5 Å². The molecule has 2 aromatic heterocycles. The summed E-state index contributed by atoms with van der Waals surface area (Å²) in [6.45, 7) is 0.884. The van der Waals surface area contributed by atoms with Gasteiger partial charge >= 0.3 is 0 Å². The van der Waals surface area contributed by atoms with Crippen LogP contribution in [0.5, 0.6) is 11.5 Å². The van der Waals surface area contributed by atoms with Gasteiger partial charge in [-0.3, -0.25) is 4.79 Å². The summed E-state index contributed by atoms with van der Waals surface area (Å²) in [5.74, 6) is 1.72. The second-order valence-electron chi connectivity index (χ2n) is 6.17. The Hall–Kier alpha value is -2.87. The molecule has 0 aliphatic carbocycles. The highest BCUT2D eigenvalue weighted by molar-refractivity contribution is 7.09. The standard InChI is InChI=1S/C19H19N3O4S/c1-24-13-4-2-5-14(10-13)25-12-15-11-16(21-26-15)19(23)22-8-3-6-17(22)18-20-7-9-27-18/h2,4-5,7,9-11,17H,3,6,8,12H2,1H3. The van der Waals surface area contributed by atoms with Gasteiger partial charge in [-0.25, -0.2) is 4.98 Å². The largest absolute Gasteiger partial charge is 0.497 e. The van der Waals surface area contributed by atoms with E-state index in [-0.39, 0.29) is 18.6 Å². The van der Waals surface area contributed by atoms with Crippen molar-refractivity contribution in [2.75, 3.05) is 13.7 Å². The van der Waals surface area contributed by atoms with Crippen molar-refractivity contribution in [3.8, 4) is 11.5 Å². The molecule has 27 heavy (non-hydrogen) atoms. The van der Waals surface area contributed by atoms with Gasteiger partial charge in [0.05, 0.1) is 13.2 Å². The summed E-state index contributed by atoms with van der Waals surface area (Å²) in [7, 11) is 1.60. The number of likely N-dealkylation sites (tertiary alicyclic amines) is 1. The monoisotopic (exact) mass is 385 g/mol. The Kier molecular flexibility index (Phi) is 5.06. The molecule has 1 fully saturated rings. The molecule has 0 spiro atoms. The minimum Gasteiger partial charge on any atom is -0.497 e. The van der Waals surface area contributed by atoms with Crippen LogP contribution in [0.4, 0.5) is 0 Å². The molecule has 1 amide bonds. The topological polar surface area (TPSA) is 77.7 Å². The molecule has 3 aromatic rings. The van der Waals surface area contributed by atoms with Gasteiger partial charge in [0, 0.05) is 30.3 Å². The molecule has 8 heteroatoms. The number of carbonyl (C=O) groups is 1. The van der Waals surface area contributed by atoms with Crippen LogP contribution in [-0.2, 0) is 6.61 Å². The molecule has 7 nitrogen and oxygen atoms in total. The van der Waals surface area contributed by atoms with E-state index in [1.165, 1.54) is 0 Å². The average Bonchev–Trinajstić information content (AvgIpc) is 3.46. The number of hydrogen-bond acceptors (Lipinski definition) is 7. The van der Waals surface area contributed by atoms with Gasteiger partial charge in [0.1, 0.15) is 23.1 Å². The maximum atomic E-state index is 12.8. The second-order valence-corrected chi connectivity index (χ2v) is 7.10. The van der Waals surface area contributed by atoms with Crippen LogP contribution in [0.3, 0.4) is 0 Å². The van der Waals surface area contributed by atoms with Crippen molar-refractivity contribution in [3.05, 3.63) is 58.4 Å². The van der Waals surface area contributed by atoms with Gasteiger partial charge in [-0.15, -0.1) is 11.3 Å². The lowest BCUT2D eigenvalue weighted by atomic mass is 10.2. The number of rotatable bonds is 6. The Bertz CT molecular complexity index is 909. The van der Waals surface area contributed by atoms with Gasteiger partial charge in [-0.1, -0.05) is 11.2 Å². The Morgan fingerprint density at radius 3 is 3.07 bits per heavy atom. The second kappa shape index (κ2) is 7.79. The predicted octanol–water partition coefficient (Wildman–Crippen LogP) is 3.70. The van der Waals surface area contributed by atoms with Crippen molar-refractivity contribution in [2.24, 2.45) is 0 Å². The number of thiazole rings is 1.